The molecule has 10 heteroatoms. The van der Waals surface area contributed by atoms with E-state index in [0.29, 0.717) is 30.6 Å². The molecule has 0 spiro atoms. The van der Waals surface area contributed by atoms with E-state index in [2.05, 4.69) is 4.98 Å². The first-order chi connectivity index (χ1) is 19.3. The van der Waals surface area contributed by atoms with Crippen molar-refractivity contribution in [1.29, 1.82) is 0 Å². The number of anilines is 2. The lowest BCUT2D eigenvalue weighted by Gasteiger charge is -2.26. The van der Waals surface area contributed by atoms with E-state index in [1.807, 2.05) is 40.0 Å². The lowest BCUT2D eigenvalue weighted by molar-refractivity contribution is 0.0981. The highest BCUT2D eigenvalue weighted by Gasteiger charge is 2.23. The van der Waals surface area contributed by atoms with Gasteiger partial charge >= 0.3 is 0 Å². The third-order valence-electron chi connectivity index (χ3n) is 6.49. The van der Waals surface area contributed by atoms with Gasteiger partial charge in [-0.3, -0.25) is 9.78 Å². The SMILES string of the molecule is COc1ccc(N(Cc2cccnc2)c2ccc(C(=O)NS(=O)(=O)c3ccc(F)cc3)cc2)cc1OCC1CC1. The molecule has 1 aliphatic rings. The summed E-state index contributed by atoms with van der Waals surface area (Å²) in [6, 6.07) is 20.4. The zero-order valence-electron chi connectivity index (χ0n) is 21.8. The predicted molar refractivity (Wildman–Crippen MR) is 149 cm³/mol. The molecule has 0 aliphatic heterocycles. The zero-order valence-corrected chi connectivity index (χ0v) is 22.6. The molecule has 1 saturated carbocycles. The number of nitrogens with zero attached hydrogens (tertiary/aromatic N) is 2. The van der Waals surface area contributed by atoms with Gasteiger partial charge in [-0.1, -0.05) is 6.07 Å². The maximum Gasteiger partial charge on any atom is 0.264 e. The Labute approximate surface area is 232 Å². The Morgan fingerprint density at radius 2 is 1.73 bits per heavy atom. The van der Waals surface area contributed by atoms with Gasteiger partial charge in [-0.05, 0) is 91.1 Å². The number of aromatic nitrogens is 1. The molecule has 1 fully saturated rings. The molecule has 0 unspecified atom stereocenters. The second kappa shape index (κ2) is 11.7. The smallest absolute Gasteiger partial charge is 0.264 e. The Bertz CT molecular complexity index is 1580. The molecule has 206 valence electrons. The fourth-order valence-corrected chi connectivity index (χ4v) is 5.06. The van der Waals surface area contributed by atoms with E-state index in [9.17, 15) is 17.6 Å². The number of amides is 1. The highest BCUT2D eigenvalue weighted by Crippen LogP contribution is 2.37. The minimum atomic E-state index is -4.16. The maximum absolute atomic E-state index is 13.2. The number of halogens is 1. The summed E-state index contributed by atoms with van der Waals surface area (Å²) in [5.41, 5.74) is 2.72. The molecular weight excluding hydrogens is 533 g/mol. The Morgan fingerprint density at radius 1 is 1.00 bits per heavy atom. The number of benzene rings is 3. The van der Waals surface area contributed by atoms with Crippen molar-refractivity contribution in [3.05, 3.63) is 108 Å². The Morgan fingerprint density at radius 3 is 2.38 bits per heavy atom. The molecule has 8 nitrogen and oxygen atoms in total. The second-order valence-corrected chi connectivity index (χ2v) is 11.2. The van der Waals surface area contributed by atoms with Crippen LogP contribution in [0.3, 0.4) is 0 Å². The van der Waals surface area contributed by atoms with Crippen LogP contribution in [-0.2, 0) is 16.6 Å². The summed E-state index contributed by atoms with van der Waals surface area (Å²) in [5.74, 6) is 0.487. The van der Waals surface area contributed by atoms with Crippen molar-refractivity contribution in [3.63, 3.8) is 0 Å². The van der Waals surface area contributed by atoms with Gasteiger partial charge in [0.1, 0.15) is 5.82 Å². The topological polar surface area (TPSA) is 97.8 Å². The molecule has 4 aromatic rings. The number of carbonyl (C=O) groups is 1. The number of hydrogen-bond donors (Lipinski definition) is 1. The molecule has 1 aliphatic carbocycles. The van der Waals surface area contributed by atoms with Crippen molar-refractivity contribution < 1.29 is 27.1 Å². The average molecular weight is 562 g/mol. The Hall–Kier alpha value is -4.44. The number of pyridine rings is 1. The average Bonchev–Trinajstić information content (AvgIpc) is 3.80. The normalized spacial score (nSPS) is 12.9. The zero-order chi connectivity index (χ0) is 28.1. The summed E-state index contributed by atoms with van der Waals surface area (Å²) in [7, 11) is -2.56. The number of rotatable bonds is 11. The minimum Gasteiger partial charge on any atom is -0.493 e. The fraction of sp³-hybridized carbons (Fsp3) is 0.200. The minimum absolute atomic E-state index is 0.152. The van der Waals surface area contributed by atoms with Gasteiger partial charge in [-0.15, -0.1) is 0 Å². The molecule has 1 N–H and O–H groups in total. The number of methoxy groups -OCH3 is 1. The Kier molecular flexibility index (Phi) is 7.97. The highest BCUT2D eigenvalue weighted by atomic mass is 32.2. The van der Waals surface area contributed by atoms with Crippen molar-refractivity contribution in [2.75, 3.05) is 18.6 Å². The van der Waals surface area contributed by atoms with E-state index in [4.69, 9.17) is 9.47 Å². The van der Waals surface area contributed by atoms with Crippen LogP contribution in [0.15, 0.2) is 96.2 Å². The second-order valence-electron chi connectivity index (χ2n) is 9.47. The maximum atomic E-state index is 13.2. The van der Waals surface area contributed by atoms with Crippen LogP contribution < -0.4 is 19.1 Å². The number of ether oxygens (including phenoxy) is 2. The van der Waals surface area contributed by atoms with Gasteiger partial charge in [0.05, 0.1) is 18.6 Å². The van der Waals surface area contributed by atoms with Gasteiger partial charge in [-0.25, -0.2) is 17.5 Å². The lowest BCUT2D eigenvalue weighted by Crippen LogP contribution is -2.30. The molecule has 0 saturated heterocycles. The van der Waals surface area contributed by atoms with Gasteiger partial charge < -0.3 is 14.4 Å². The van der Waals surface area contributed by atoms with Crippen LogP contribution in [0, 0.1) is 11.7 Å². The van der Waals surface area contributed by atoms with Crippen LogP contribution in [0.25, 0.3) is 0 Å². The number of nitrogens with one attached hydrogen (secondary N) is 1. The molecule has 5 rings (SSSR count). The molecular formula is C30H28FN3O5S. The van der Waals surface area contributed by atoms with Crippen LogP contribution in [0.2, 0.25) is 0 Å². The summed E-state index contributed by atoms with van der Waals surface area (Å²) < 4.78 is 52.0. The van der Waals surface area contributed by atoms with Crippen molar-refractivity contribution in [2.24, 2.45) is 5.92 Å². The number of carbonyl (C=O) groups excluding carboxylic acids is 1. The van der Waals surface area contributed by atoms with Crippen molar-refractivity contribution in [2.45, 2.75) is 24.3 Å². The van der Waals surface area contributed by atoms with Gasteiger partial charge in [0.15, 0.2) is 11.5 Å². The molecule has 1 amide bonds. The summed E-state index contributed by atoms with van der Waals surface area (Å²) >= 11 is 0. The van der Waals surface area contributed by atoms with E-state index in [1.165, 1.54) is 12.8 Å². The summed E-state index contributed by atoms with van der Waals surface area (Å²) in [5, 5.41) is 0. The molecule has 1 heterocycles. The van der Waals surface area contributed by atoms with E-state index in [-0.39, 0.29) is 10.5 Å². The number of hydrogen-bond acceptors (Lipinski definition) is 7. The highest BCUT2D eigenvalue weighted by molar-refractivity contribution is 7.90. The fourth-order valence-electron chi connectivity index (χ4n) is 4.09. The van der Waals surface area contributed by atoms with E-state index in [1.54, 1.807) is 43.8 Å². The molecule has 1 aromatic heterocycles. The summed E-state index contributed by atoms with van der Waals surface area (Å²) in [6.07, 6.45) is 5.82. The first-order valence-corrected chi connectivity index (χ1v) is 14.2. The van der Waals surface area contributed by atoms with Gasteiger partial charge in [0.2, 0.25) is 0 Å². The summed E-state index contributed by atoms with van der Waals surface area (Å²) in [4.78, 5) is 18.8. The first kappa shape index (κ1) is 27.1. The quantitative estimate of drug-likeness (QED) is 0.259. The predicted octanol–water partition coefficient (Wildman–Crippen LogP) is 5.48. The van der Waals surface area contributed by atoms with E-state index < -0.39 is 21.7 Å². The van der Waals surface area contributed by atoms with Crippen molar-refractivity contribution in [1.82, 2.24) is 9.71 Å². The van der Waals surface area contributed by atoms with E-state index >= 15 is 0 Å². The molecule has 3 aromatic carbocycles. The lowest BCUT2D eigenvalue weighted by atomic mass is 10.1. The molecule has 0 bridgehead atoms. The van der Waals surface area contributed by atoms with Crippen LogP contribution in [0.4, 0.5) is 15.8 Å². The molecule has 0 radical (unpaired) electrons. The van der Waals surface area contributed by atoms with Crippen LogP contribution >= 0.6 is 0 Å². The number of sulfonamides is 1. The standard InChI is InChI=1S/C30H28FN3O5S/c1-38-28-15-12-26(17-29(28)39-20-21-4-5-21)34(19-22-3-2-16-32-18-22)25-10-6-23(7-11-25)30(35)33-40(36,37)27-13-8-24(31)9-14-27/h2-3,6-18,21H,4-5,19-20H2,1H3,(H,33,35). The van der Waals surface area contributed by atoms with Crippen LogP contribution in [-0.4, -0.2) is 33.0 Å². The molecule has 40 heavy (non-hydrogen) atoms. The monoisotopic (exact) mass is 561 g/mol. The Balaban J connectivity index is 1.41. The van der Waals surface area contributed by atoms with Crippen molar-refractivity contribution >= 4 is 27.3 Å². The third kappa shape index (κ3) is 6.58. The van der Waals surface area contributed by atoms with Crippen LogP contribution in [0.1, 0.15) is 28.8 Å². The van der Waals surface area contributed by atoms with Crippen molar-refractivity contribution in [3.8, 4) is 11.5 Å². The van der Waals surface area contributed by atoms with Gasteiger partial charge in [0.25, 0.3) is 15.9 Å². The first-order valence-electron chi connectivity index (χ1n) is 12.7. The van der Waals surface area contributed by atoms with Gasteiger partial charge in [-0.2, -0.15) is 0 Å². The van der Waals surface area contributed by atoms with E-state index in [0.717, 1.165) is 41.2 Å². The third-order valence-corrected chi connectivity index (χ3v) is 7.83. The summed E-state index contributed by atoms with van der Waals surface area (Å²) in [6.45, 7) is 1.11. The van der Waals surface area contributed by atoms with Gasteiger partial charge in [0, 0.05) is 41.9 Å². The molecule has 0 atom stereocenters. The van der Waals surface area contributed by atoms with Crippen LogP contribution in [0.5, 0.6) is 11.5 Å². The largest absolute Gasteiger partial charge is 0.493 e.